The fourth-order valence-electron chi connectivity index (χ4n) is 2.00. The highest BCUT2D eigenvalue weighted by atomic mass is 32.1. The molecule has 0 aliphatic rings. The van der Waals surface area contributed by atoms with Gasteiger partial charge in [-0.25, -0.2) is 0 Å². The normalized spacial score (nSPS) is 10.2. The molecule has 0 heterocycles. The standard InChI is InChI=1S/C17H27N3O4S/c1-6-22-13-9-12(10-14(23-7-2)15(13)24-8-3)16(21)19-20-17(25)18-11(4)5/h9-11H,6-8H2,1-5H3,(H,19,21)(H2,18,20,25). The minimum Gasteiger partial charge on any atom is -0.490 e. The molecule has 1 aromatic carbocycles. The van der Waals surface area contributed by atoms with Crippen LogP contribution in [0.2, 0.25) is 0 Å². The lowest BCUT2D eigenvalue weighted by Gasteiger charge is -2.18. The zero-order valence-corrected chi connectivity index (χ0v) is 16.2. The minimum absolute atomic E-state index is 0.163. The zero-order chi connectivity index (χ0) is 18.8. The number of rotatable bonds is 8. The van der Waals surface area contributed by atoms with Gasteiger partial charge in [0.2, 0.25) is 5.75 Å². The van der Waals surface area contributed by atoms with Crippen molar-refractivity contribution in [1.29, 1.82) is 0 Å². The van der Waals surface area contributed by atoms with Gasteiger partial charge in [0.25, 0.3) is 5.91 Å². The molecular formula is C17H27N3O4S. The molecule has 0 radical (unpaired) electrons. The van der Waals surface area contributed by atoms with E-state index in [1.807, 2.05) is 34.6 Å². The van der Waals surface area contributed by atoms with Gasteiger partial charge in [0.1, 0.15) is 0 Å². The van der Waals surface area contributed by atoms with E-state index in [9.17, 15) is 4.79 Å². The third kappa shape index (κ3) is 6.66. The summed E-state index contributed by atoms with van der Waals surface area (Å²) in [5, 5.41) is 3.31. The van der Waals surface area contributed by atoms with E-state index in [0.717, 1.165) is 0 Å². The van der Waals surface area contributed by atoms with Crippen LogP contribution in [0.25, 0.3) is 0 Å². The number of carbonyl (C=O) groups excluding carboxylic acids is 1. The molecule has 140 valence electrons. The van der Waals surface area contributed by atoms with Crippen LogP contribution >= 0.6 is 12.2 Å². The second-order valence-electron chi connectivity index (χ2n) is 5.31. The van der Waals surface area contributed by atoms with E-state index >= 15 is 0 Å². The Bertz CT molecular complexity index is 566. The zero-order valence-electron chi connectivity index (χ0n) is 15.4. The Morgan fingerprint density at radius 2 is 1.52 bits per heavy atom. The lowest BCUT2D eigenvalue weighted by Crippen LogP contribution is -2.48. The molecule has 0 spiro atoms. The molecule has 0 fully saturated rings. The molecule has 1 aromatic rings. The Morgan fingerprint density at radius 3 is 1.96 bits per heavy atom. The van der Waals surface area contributed by atoms with Crippen LogP contribution in [0.5, 0.6) is 17.2 Å². The molecule has 0 bridgehead atoms. The molecule has 0 aromatic heterocycles. The maximum absolute atomic E-state index is 12.4. The van der Waals surface area contributed by atoms with Gasteiger partial charge in [-0.2, -0.15) is 0 Å². The molecule has 8 heteroatoms. The number of hydrogen-bond donors (Lipinski definition) is 3. The lowest BCUT2D eigenvalue weighted by molar-refractivity contribution is 0.0942. The second kappa shape index (κ2) is 10.6. The van der Waals surface area contributed by atoms with Gasteiger partial charge in [-0.15, -0.1) is 0 Å². The quantitative estimate of drug-likeness (QED) is 0.479. The topological polar surface area (TPSA) is 80.9 Å². The van der Waals surface area contributed by atoms with Crippen LogP contribution in [0.1, 0.15) is 45.0 Å². The SMILES string of the molecule is CCOc1cc(C(=O)NNC(=S)NC(C)C)cc(OCC)c1OCC. The van der Waals surface area contributed by atoms with Crippen LogP contribution in [-0.2, 0) is 0 Å². The molecule has 0 saturated heterocycles. The van der Waals surface area contributed by atoms with Crippen molar-refractivity contribution in [3.8, 4) is 17.2 Å². The van der Waals surface area contributed by atoms with Crippen molar-refractivity contribution in [3.63, 3.8) is 0 Å². The van der Waals surface area contributed by atoms with Crippen molar-refractivity contribution in [2.75, 3.05) is 19.8 Å². The summed E-state index contributed by atoms with van der Waals surface area (Å²) in [6, 6.07) is 3.40. The third-order valence-corrected chi connectivity index (χ3v) is 3.10. The highest BCUT2D eigenvalue weighted by Gasteiger charge is 2.18. The van der Waals surface area contributed by atoms with Crippen molar-refractivity contribution >= 4 is 23.2 Å². The molecule has 0 unspecified atom stereocenters. The summed E-state index contributed by atoms with van der Waals surface area (Å²) in [5.41, 5.74) is 5.58. The van der Waals surface area contributed by atoms with Gasteiger partial charge in [0.05, 0.1) is 19.8 Å². The van der Waals surface area contributed by atoms with Gasteiger partial charge in [0.15, 0.2) is 16.6 Å². The Hall–Kier alpha value is -2.22. The summed E-state index contributed by atoms with van der Waals surface area (Å²) in [6.07, 6.45) is 0. The Morgan fingerprint density at radius 1 is 1.00 bits per heavy atom. The van der Waals surface area contributed by atoms with Crippen molar-refractivity contribution in [1.82, 2.24) is 16.2 Å². The maximum atomic E-state index is 12.4. The number of benzene rings is 1. The Kier molecular flexibility index (Phi) is 8.83. The van der Waals surface area contributed by atoms with Crippen LogP contribution in [0.3, 0.4) is 0 Å². The van der Waals surface area contributed by atoms with E-state index in [0.29, 0.717) is 47.7 Å². The first-order chi connectivity index (χ1) is 11.9. The highest BCUT2D eigenvalue weighted by Crippen LogP contribution is 2.39. The largest absolute Gasteiger partial charge is 0.490 e. The summed E-state index contributed by atoms with van der Waals surface area (Å²) >= 11 is 5.08. The first-order valence-corrected chi connectivity index (χ1v) is 8.76. The summed E-state index contributed by atoms with van der Waals surface area (Å²) in [5.74, 6) is 1.05. The van der Waals surface area contributed by atoms with Gasteiger partial charge in [-0.05, 0) is 59.0 Å². The number of hydrogen-bond acceptors (Lipinski definition) is 5. The molecule has 0 aliphatic carbocycles. The maximum Gasteiger partial charge on any atom is 0.269 e. The molecular weight excluding hydrogens is 342 g/mol. The van der Waals surface area contributed by atoms with Crippen LogP contribution < -0.4 is 30.4 Å². The number of ether oxygens (including phenoxy) is 3. The van der Waals surface area contributed by atoms with E-state index in [1.165, 1.54) is 0 Å². The predicted octanol–water partition coefficient (Wildman–Crippen LogP) is 2.40. The number of nitrogens with one attached hydrogen (secondary N) is 3. The Balaban J connectivity index is 3.01. The predicted molar refractivity (Wildman–Crippen MR) is 101 cm³/mol. The molecule has 1 amide bonds. The van der Waals surface area contributed by atoms with Crippen molar-refractivity contribution < 1.29 is 19.0 Å². The third-order valence-electron chi connectivity index (χ3n) is 2.88. The van der Waals surface area contributed by atoms with Gasteiger partial charge < -0.3 is 19.5 Å². The monoisotopic (exact) mass is 369 g/mol. The number of thiocarbonyl (C=S) groups is 1. The minimum atomic E-state index is -0.363. The first kappa shape index (κ1) is 20.8. The van der Waals surface area contributed by atoms with Gasteiger partial charge in [-0.1, -0.05) is 0 Å². The summed E-state index contributed by atoms with van der Waals surface area (Å²) < 4.78 is 16.8. The van der Waals surface area contributed by atoms with Gasteiger partial charge in [0, 0.05) is 11.6 Å². The van der Waals surface area contributed by atoms with Crippen molar-refractivity contribution in [2.45, 2.75) is 40.7 Å². The van der Waals surface area contributed by atoms with Crippen LogP contribution in [0.15, 0.2) is 12.1 Å². The summed E-state index contributed by atoms with van der Waals surface area (Å²) in [4.78, 5) is 12.4. The molecule has 0 atom stereocenters. The second-order valence-corrected chi connectivity index (χ2v) is 5.72. The van der Waals surface area contributed by atoms with Crippen LogP contribution in [0.4, 0.5) is 0 Å². The molecule has 25 heavy (non-hydrogen) atoms. The average Bonchev–Trinajstić information content (AvgIpc) is 2.55. The van der Waals surface area contributed by atoms with Gasteiger partial charge in [-0.3, -0.25) is 15.6 Å². The fourth-order valence-corrected chi connectivity index (χ4v) is 2.29. The number of amides is 1. The van der Waals surface area contributed by atoms with Gasteiger partial charge >= 0.3 is 0 Å². The highest BCUT2D eigenvalue weighted by molar-refractivity contribution is 7.80. The van der Waals surface area contributed by atoms with Crippen molar-refractivity contribution in [2.24, 2.45) is 0 Å². The summed E-state index contributed by atoms with van der Waals surface area (Å²) in [7, 11) is 0. The lowest BCUT2D eigenvalue weighted by atomic mass is 10.1. The molecule has 7 nitrogen and oxygen atoms in total. The van der Waals surface area contributed by atoms with E-state index in [4.69, 9.17) is 26.4 Å². The smallest absolute Gasteiger partial charge is 0.269 e. The van der Waals surface area contributed by atoms with E-state index in [1.54, 1.807) is 12.1 Å². The van der Waals surface area contributed by atoms with Crippen molar-refractivity contribution in [3.05, 3.63) is 17.7 Å². The Labute approximate surface area is 154 Å². The fraction of sp³-hybridized carbons (Fsp3) is 0.529. The average molecular weight is 369 g/mol. The van der Waals surface area contributed by atoms with Crippen LogP contribution in [-0.4, -0.2) is 36.9 Å². The van der Waals surface area contributed by atoms with Crippen LogP contribution in [0, 0.1) is 0 Å². The van der Waals surface area contributed by atoms with E-state index < -0.39 is 0 Å². The first-order valence-electron chi connectivity index (χ1n) is 8.36. The van der Waals surface area contributed by atoms with E-state index in [2.05, 4.69) is 16.2 Å². The number of carbonyl (C=O) groups is 1. The molecule has 0 aliphatic heterocycles. The van der Waals surface area contributed by atoms with E-state index in [-0.39, 0.29) is 11.9 Å². The molecule has 3 N–H and O–H groups in total. The summed E-state index contributed by atoms with van der Waals surface area (Å²) in [6.45, 7) is 10.8. The number of hydrazine groups is 1. The molecule has 0 saturated carbocycles. The molecule has 1 rings (SSSR count).